The SMILES string of the molecule is COc1ccnc(-n2c3ccccc3c3ccc(Oc4cccc(-n5cc(-c6c(C(F)(F)F)c(C)cc(C)c6C(F)(F)F)cn5)c4)cc32)c1. The summed E-state index contributed by atoms with van der Waals surface area (Å²) in [5.41, 5.74) is -2.47. The van der Waals surface area contributed by atoms with E-state index in [-0.39, 0.29) is 16.7 Å². The van der Waals surface area contributed by atoms with Crippen LogP contribution in [0, 0.1) is 13.8 Å². The van der Waals surface area contributed by atoms with Crippen LogP contribution in [0.3, 0.4) is 0 Å². The lowest BCUT2D eigenvalue weighted by Crippen LogP contribution is -2.17. The molecule has 0 aliphatic heterocycles. The average molecular weight is 673 g/mol. The second-order valence-electron chi connectivity index (χ2n) is 11.5. The number of methoxy groups -OCH3 is 1. The van der Waals surface area contributed by atoms with Crippen LogP contribution in [0.25, 0.3) is 44.4 Å². The lowest BCUT2D eigenvalue weighted by atomic mass is 9.88. The van der Waals surface area contributed by atoms with Gasteiger partial charge in [0.1, 0.15) is 23.1 Å². The van der Waals surface area contributed by atoms with Gasteiger partial charge in [-0.25, -0.2) is 9.67 Å². The number of rotatable bonds is 6. The van der Waals surface area contributed by atoms with E-state index in [0.717, 1.165) is 54.1 Å². The second kappa shape index (κ2) is 11.7. The molecular weight excluding hydrogens is 646 g/mol. The predicted octanol–water partition coefficient (Wildman–Crippen LogP) is 10.5. The molecule has 4 aromatic carbocycles. The molecule has 248 valence electrons. The number of hydrogen-bond donors (Lipinski definition) is 0. The maximum atomic E-state index is 14.2. The van der Waals surface area contributed by atoms with E-state index in [1.165, 1.54) is 4.68 Å². The highest BCUT2D eigenvalue weighted by molar-refractivity contribution is 6.09. The zero-order chi connectivity index (χ0) is 34.7. The fourth-order valence-electron chi connectivity index (χ4n) is 6.34. The number of benzene rings is 4. The van der Waals surface area contributed by atoms with Crippen molar-refractivity contribution in [1.29, 1.82) is 0 Å². The van der Waals surface area contributed by atoms with Crippen LogP contribution in [0.15, 0.2) is 104 Å². The van der Waals surface area contributed by atoms with Crippen LogP contribution in [0.4, 0.5) is 26.3 Å². The molecule has 7 rings (SSSR count). The van der Waals surface area contributed by atoms with E-state index in [4.69, 9.17) is 9.47 Å². The lowest BCUT2D eigenvalue weighted by molar-refractivity contribution is -0.142. The monoisotopic (exact) mass is 672 g/mol. The first-order valence-electron chi connectivity index (χ1n) is 15.0. The summed E-state index contributed by atoms with van der Waals surface area (Å²) in [6, 6.07) is 24.6. The topological polar surface area (TPSA) is 54.1 Å². The Morgan fingerprint density at radius 2 is 1.37 bits per heavy atom. The molecule has 0 saturated carbocycles. The summed E-state index contributed by atoms with van der Waals surface area (Å²) in [5.74, 6) is 2.14. The molecule has 0 saturated heterocycles. The average Bonchev–Trinajstić information content (AvgIpc) is 3.67. The molecule has 7 aromatic rings. The minimum absolute atomic E-state index is 0.311. The first kappa shape index (κ1) is 31.8. The molecule has 3 aromatic heterocycles. The standard InChI is InChI=1S/C37H26F6N4O2/c1-21-15-22(2)35(37(41,42)43)33(34(21)36(38,39)40)23-19-45-46(20-23)24-7-6-8-26(16-24)49-27-11-12-29-28-9-4-5-10-30(28)47(31(29)17-27)32-18-25(48-3)13-14-44-32/h4-20H,1-3H3. The molecule has 0 bridgehead atoms. The van der Waals surface area contributed by atoms with Crippen molar-refractivity contribution in [3.8, 4) is 39.9 Å². The van der Waals surface area contributed by atoms with Gasteiger partial charge in [0.05, 0.1) is 41.2 Å². The molecule has 6 nitrogen and oxygen atoms in total. The van der Waals surface area contributed by atoms with Gasteiger partial charge in [-0.2, -0.15) is 31.4 Å². The van der Waals surface area contributed by atoms with Gasteiger partial charge in [0, 0.05) is 52.5 Å². The van der Waals surface area contributed by atoms with Crippen molar-refractivity contribution < 1.29 is 35.8 Å². The maximum Gasteiger partial charge on any atom is 0.417 e. The number of nitrogens with zero attached hydrogens (tertiary/aromatic N) is 4. The third-order valence-electron chi connectivity index (χ3n) is 8.30. The van der Waals surface area contributed by atoms with Gasteiger partial charge in [-0.15, -0.1) is 0 Å². The van der Waals surface area contributed by atoms with E-state index in [1.54, 1.807) is 43.6 Å². The fourth-order valence-corrected chi connectivity index (χ4v) is 6.34. The molecule has 0 N–H and O–H groups in total. The van der Waals surface area contributed by atoms with Crippen LogP contribution in [-0.2, 0) is 12.4 Å². The van der Waals surface area contributed by atoms with E-state index in [0.29, 0.717) is 28.8 Å². The van der Waals surface area contributed by atoms with Crippen molar-refractivity contribution >= 4 is 21.8 Å². The summed E-state index contributed by atoms with van der Waals surface area (Å²) in [5, 5.41) is 6.12. The molecule has 0 spiro atoms. The van der Waals surface area contributed by atoms with Crippen LogP contribution >= 0.6 is 0 Å². The third kappa shape index (κ3) is 5.73. The van der Waals surface area contributed by atoms with Gasteiger partial charge < -0.3 is 9.47 Å². The molecule has 0 aliphatic carbocycles. The number of aromatic nitrogens is 4. The van der Waals surface area contributed by atoms with Crippen molar-refractivity contribution in [2.24, 2.45) is 0 Å². The highest BCUT2D eigenvalue weighted by Crippen LogP contribution is 2.47. The predicted molar refractivity (Wildman–Crippen MR) is 174 cm³/mol. The van der Waals surface area contributed by atoms with Gasteiger partial charge in [-0.05, 0) is 61.4 Å². The number of pyridine rings is 1. The third-order valence-corrected chi connectivity index (χ3v) is 8.30. The van der Waals surface area contributed by atoms with Gasteiger partial charge in [0.15, 0.2) is 0 Å². The van der Waals surface area contributed by atoms with E-state index in [1.807, 2.05) is 53.1 Å². The number of fused-ring (bicyclic) bond motifs is 3. The summed E-state index contributed by atoms with van der Waals surface area (Å²) in [6.07, 6.45) is -6.23. The Hall–Kier alpha value is -5.78. The largest absolute Gasteiger partial charge is 0.497 e. The number of halogens is 6. The smallest absolute Gasteiger partial charge is 0.417 e. The molecule has 3 heterocycles. The lowest BCUT2D eigenvalue weighted by Gasteiger charge is -2.22. The molecule has 0 unspecified atom stereocenters. The highest BCUT2D eigenvalue weighted by Gasteiger charge is 2.43. The van der Waals surface area contributed by atoms with Gasteiger partial charge in [0.25, 0.3) is 0 Å². The van der Waals surface area contributed by atoms with Crippen LogP contribution in [-0.4, -0.2) is 26.4 Å². The minimum atomic E-state index is -5.03. The van der Waals surface area contributed by atoms with Crippen LogP contribution in [0.2, 0.25) is 0 Å². The molecule has 49 heavy (non-hydrogen) atoms. The molecule has 0 radical (unpaired) electrons. The van der Waals surface area contributed by atoms with Crippen LogP contribution in [0.5, 0.6) is 17.2 Å². The Bertz CT molecular complexity index is 2330. The normalized spacial score (nSPS) is 12.2. The van der Waals surface area contributed by atoms with E-state index < -0.39 is 29.0 Å². The first-order valence-corrected chi connectivity index (χ1v) is 15.0. The van der Waals surface area contributed by atoms with Gasteiger partial charge in [0.2, 0.25) is 0 Å². The quantitative estimate of drug-likeness (QED) is 0.165. The molecule has 0 fully saturated rings. The van der Waals surface area contributed by atoms with Crippen molar-refractivity contribution in [2.45, 2.75) is 26.2 Å². The number of alkyl halides is 6. The number of aryl methyl sites for hydroxylation is 2. The van der Waals surface area contributed by atoms with Crippen molar-refractivity contribution in [1.82, 2.24) is 19.3 Å². The van der Waals surface area contributed by atoms with Gasteiger partial charge in [-0.3, -0.25) is 4.57 Å². The Morgan fingerprint density at radius 3 is 2.08 bits per heavy atom. The second-order valence-corrected chi connectivity index (χ2v) is 11.5. The molecular formula is C37H26F6N4O2. The number of hydrogen-bond acceptors (Lipinski definition) is 4. The Labute approximate surface area is 275 Å². The van der Waals surface area contributed by atoms with Crippen LogP contribution in [0.1, 0.15) is 22.3 Å². The summed E-state index contributed by atoms with van der Waals surface area (Å²) in [6.45, 7) is 2.30. The Morgan fingerprint density at radius 1 is 0.673 bits per heavy atom. The van der Waals surface area contributed by atoms with Crippen LogP contribution < -0.4 is 9.47 Å². The fraction of sp³-hybridized carbons (Fsp3) is 0.135. The molecule has 12 heteroatoms. The Kier molecular flexibility index (Phi) is 7.61. The van der Waals surface area contributed by atoms with Gasteiger partial charge in [-0.1, -0.05) is 30.3 Å². The summed E-state index contributed by atoms with van der Waals surface area (Å²) in [7, 11) is 1.58. The van der Waals surface area contributed by atoms with E-state index >= 15 is 0 Å². The minimum Gasteiger partial charge on any atom is -0.497 e. The Balaban J connectivity index is 1.28. The highest BCUT2D eigenvalue weighted by atomic mass is 19.4. The van der Waals surface area contributed by atoms with Gasteiger partial charge >= 0.3 is 12.4 Å². The zero-order valence-corrected chi connectivity index (χ0v) is 26.2. The van der Waals surface area contributed by atoms with E-state index in [9.17, 15) is 26.3 Å². The van der Waals surface area contributed by atoms with Crippen molar-refractivity contribution in [2.75, 3.05) is 7.11 Å². The molecule has 0 amide bonds. The van der Waals surface area contributed by atoms with E-state index in [2.05, 4.69) is 10.1 Å². The number of ether oxygens (including phenoxy) is 2. The zero-order valence-electron chi connectivity index (χ0n) is 26.2. The first-order chi connectivity index (χ1) is 23.3. The molecule has 0 atom stereocenters. The maximum absolute atomic E-state index is 14.2. The van der Waals surface area contributed by atoms with Crippen molar-refractivity contribution in [3.63, 3.8) is 0 Å². The summed E-state index contributed by atoms with van der Waals surface area (Å²) in [4.78, 5) is 4.57. The molecule has 0 aliphatic rings. The summed E-state index contributed by atoms with van der Waals surface area (Å²) < 4.78 is 99.9. The number of para-hydroxylation sites is 1. The summed E-state index contributed by atoms with van der Waals surface area (Å²) >= 11 is 0. The van der Waals surface area contributed by atoms with Crippen molar-refractivity contribution in [3.05, 3.63) is 126 Å².